The Labute approximate surface area is 183 Å². The molecule has 0 spiro atoms. The monoisotopic (exact) mass is 427 g/mol. The zero-order valence-electron chi connectivity index (χ0n) is 17.1. The van der Waals surface area contributed by atoms with E-state index >= 15 is 0 Å². The number of nitrogens with zero attached hydrogens (tertiary/aromatic N) is 2. The molecule has 1 N–H and O–H groups in total. The molecule has 2 heterocycles. The highest BCUT2D eigenvalue weighted by Crippen LogP contribution is 2.24. The fourth-order valence-corrected chi connectivity index (χ4v) is 3.84. The molecule has 0 saturated heterocycles. The maximum absolute atomic E-state index is 14.4. The van der Waals surface area contributed by atoms with E-state index in [9.17, 15) is 13.6 Å². The molecule has 0 saturated carbocycles. The summed E-state index contributed by atoms with van der Waals surface area (Å²) in [5, 5.41) is 0. The summed E-state index contributed by atoms with van der Waals surface area (Å²) in [6, 6.07) is 23.2. The van der Waals surface area contributed by atoms with E-state index in [0.29, 0.717) is 29.3 Å². The van der Waals surface area contributed by atoms with Gasteiger partial charge in [-0.05, 0) is 22.8 Å². The van der Waals surface area contributed by atoms with Crippen molar-refractivity contribution in [3.63, 3.8) is 0 Å². The number of imidazole rings is 1. The number of halogens is 2. The molecule has 5 rings (SSSR count). The lowest BCUT2D eigenvalue weighted by Gasteiger charge is -2.13. The number of hydrogen-bond acceptors (Lipinski definition) is 2. The summed E-state index contributed by atoms with van der Waals surface area (Å²) in [6.07, 6.45) is 2.16. The number of rotatable bonds is 5. The third-order valence-corrected chi connectivity index (χ3v) is 5.45. The maximum Gasteiger partial charge on any atom is 0.278 e. The normalized spacial score (nSPS) is 11.2. The maximum atomic E-state index is 14.4. The number of nitrogens with one attached hydrogen (secondary N) is 1. The molecular weight excluding hydrogens is 408 g/mol. The molecule has 3 aromatic rings. The van der Waals surface area contributed by atoms with Crippen molar-refractivity contribution in [1.29, 1.82) is 0 Å². The van der Waals surface area contributed by atoms with Gasteiger partial charge in [0.25, 0.3) is 5.56 Å². The molecule has 6 heteroatoms. The minimum Gasteiger partial charge on any atom is -0.354 e. The van der Waals surface area contributed by atoms with Gasteiger partial charge in [0.1, 0.15) is 5.69 Å². The van der Waals surface area contributed by atoms with Gasteiger partial charge in [0.05, 0.1) is 11.4 Å². The van der Waals surface area contributed by atoms with Crippen LogP contribution in [0.5, 0.6) is 0 Å². The van der Waals surface area contributed by atoms with Gasteiger partial charge < -0.3 is 4.98 Å². The highest BCUT2D eigenvalue weighted by molar-refractivity contribution is 5.60. The van der Waals surface area contributed by atoms with Gasteiger partial charge >= 0.3 is 0 Å². The molecular formula is C26H19F2N3O. The number of H-pyrrole nitrogens is 1. The second-order valence-corrected chi connectivity index (χ2v) is 7.62. The van der Waals surface area contributed by atoms with Gasteiger partial charge in [-0.25, -0.2) is 13.8 Å². The van der Waals surface area contributed by atoms with Crippen LogP contribution in [0.2, 0.25) is 0 Å². The Morgan fingerprint density at radius 2 is 1.56 bits per heavy atom. The van der Waals surface area contributed by atoms with Crippen LogP contribution >= 0.6 is 0 Å². The minimum absolute atomic E-state index is 0.0645. The number of aromatic amines is 1. The third-order valence-electron chi connectivity index (χ3n) is 5.45. The van der Waals surface area contributed by atoms with Crippen molar-refractivity contribution in [3.05, 3.63) is 130 Å². The second-order valence-electron chi connectivity index (χ2n) is 7.62. The first-order valence-electron chi connectivity index (χ1n) is 10.3. The summed E-state index contributed by atoms with van der Waals surface area (Å²) in [5.41, 5.74) is 3.42. The molecule has 158 valence electrons. The topological polar surface area (TPSA) is 50.7 Å². The van der Waals surface area contributed by atoms with Crippen LogP contribution in [0.15, 0.2) is 89.9 Å². The lowest BCUT2D eigenvalue weighted by Crippen LogP contribution is -2.18. The summed E-state index contributed by atoms with van der Waals surface area (Å²) >= 11 is 0. The standard InChI is InChI=1S/C26H19F2N3O/c27-20-13-7-12-19(24(20)28)15-21-25-30-22(14-17-8-3-1-4-9-17)26(32)31(25)16-23(29-21)18-10-5-2-6-11-18/h1-13,16,29H,14-15H2. The van der Waals surface area contributed by atoms with E-state index < -0.39 is 11.6 Å². The molecule has 0 bridgehead atoms. The summed E-state index contributed by atoms with van der Waals surface area (Å²) in [6.45, 7) is 0. The molecule has 0 unspecified atom stereocenters. The molecule has 0 aliphatic carbocycles. The molecule has 0 radical (unpaired) electrons. The molecule has 0 aromatic heterocycles. The molecule has 2 aliphatic rings. The zero-order valence-corrected chi connectivity index (χ0v) is 17.1. The van der Waals surface area contributed by atoms with Crippen LogP contribution in [0, 0.1) is 11.6 Å². The van der Waals surface area contributed by atoms with E-state index in [1.165, 1.54) is 16.7 Å². The van der Waals surface area contributed by atoms with Crippen LogP contribution in [0.3, 0.4) is 0 Å². The Bertz CT molecular complexity index is 1410. The largest absolute Gasteiger partial charge is 0.354 e. The minimum atomic E-state index is -0.907. The van der Waals surface area contributed by atoms with Gasteiger partial charge in [-0.15, -0.1) is 0 Å². The average molecular weight is 427 g/mol. The smallest absolute Gasteiger partial charge is 0.278 e. The van der Waals surface area contributed by atoms with Crippen LogP contribution in [-0.2, 0) is 12.8 Å². The molecule has 3 aromatic carbocycles. The first kappa shape index (κ1) is 19.9. The predicted octanol–water partition coefficient (Wildman–Crippen LogP) is 5.13. The summed E-state index contributed by atoms with van der Waals surface area (Å²) < 4.78 is 29.7. The van der Waals surface area contributed by atoms with E-state index in [4.69, 9.17) is 0 Å². The number of aromatic nitrogens is 3. The van der Waals surface area contributed by atoms with Gasteiger partial charge in [-0.2, -0.15) is 0 Å². The van der Waals surface area contributed by atoms with Gasteiger partial charge in [0, 0.05) is 19.0 Å². The van der Waals surface area contributed by atoms with Crippen LogP contribution in [0.1, 0.15) is 22.5 Å². The summed E-state index contributed by atoms with van der Waals surface area (Å²) in [5.74, 6) is -1.40. The number of fused-ring (bicyclic) bond motifs is 1. The van der Waals surface area contributed by atoms with E-state index in [2.05, 4.69) is 9.97 Å². The van der Waals surface area contributed by atoms with Crippen LogP contribution in [0.25, 0.3) is 17.1 Å². The second kappa shape index (κ2) is 8.23. The quantitative estimate of drug-likeness (QED) is 0.423. The molecule has 0 amide bonds. The fraction of sp³-hybridized carbons (Fsp3) is 0.0769. The Kier molecular flexibility index (Phi) is 5.11. The van der Waals surface area contributed by atoms with E-state index in [-0.39, 0.29) is 17.5 Å². The van der Waals surface area contributed by atoms with Gasteiger partial charge in [-0.3, -0.25) is 9.36 Å². The zero-order chi connectivity index (χ0) is 22.1. The molecule has 32 heavy (non-hydrogen) atoms. The Morgan fingerprint density at radius 3 is 2.31 bits per heavy atom. The van der Waals surface area contributed by atoms with Crippen molar-refractivity contribution in [2.75, 3.05) is 0 Å². The Hall–Kier alpha value is -4.06. The van der Waals surface area contributed by atoms with E-state index in [0.717, 1.165) is 17.2 Å². The first-order valence-corrected chi connectivity index (χ1v) is 10.3. The summed E-state index contributed by atoms with van der Waals surface area (Å²) in [4.78, 5) is 21.1. The van der Waals surface area contributed by atoms with Gasteiger partial charge in [0.2, 0.25) is 0 Å². The highest BCUT2D eigenvalue weighted by atomic mass is 19.2. The van der Waals surface area contributed by atoms with Crippen LogP contribution < -0.4 is 5.56 Å². The SMILES string of the molecule is O=c1c(Cc2ccccc2)nc2c(Cc3cccc(F)c3F)[nH]c(-c3ccccc3)cn1-2. The lowest BCUT2D eigenvalue weighted by molar-refractivity contribution is 0.500. The fourth-order valence-electron chi connectivity index (χ4n) is 3.84. The Morgan fingerprint density at radius 1 is 0.844 bits per heavy atom. The number of hydrogen-bond donors (Lipinski definition) is 1. The van der Waals surface area contributed by atoms with Gasteiger partial charge in [0.15, 0.2) is 17.5 Å². The van der Waals surface area contributed by atoms with Crippen LogP contribution in [0.4, 0.5) is 8.78 Å². The molecule has 2 aliphatic heterocycles. The lowest BCUT2D eigenvalue weighted by atomic mass is 10.1. The average Bonchev–Trinajstić information content (AvgIpc) is 3.13. The van der Waals surface area contributed by atoms with Crippen molar-refractivity contribution >= 4 is 0 Å². The predicted molar refractivity (Wildman–Crippen MR) is 119 cm³/mol. The van der Waals surface area contributed by atoms with Crippen molar-refractivity contribution in [2.24, 2.45) is 0 Å². The Balaban J connectivity index is 1.67. The van der Waals surface area contributed by atoms with Gasteiger partial charge in [-0.1, -0.05) is 72.8 Å². The molecule has 0 fully saturated rings. The van der Waals surface area contributed by atoms with Crippen LogP contribution in [-0.4, -0.2) is 14.5 Å². The molecule has 0 atom stereocenters. The van der Waals surface area contributed by atoms with Crippen molar-refractivity contribution < 1.29 is 8.78 Å². The van der Waals surface area contributed by atoms with Crippen molar-refractivity contribution in [2.45, 2.75) is 12.8 Å². The number of benzene rings is 3. The van der Waals surface area contributed by atoms with Crippen molar-refractivity contribution in [1.82, 2.24) is 14.5 Å². The third kappa shape index (κ3) is 3.71. The first-order chi connectivity index (χ1) is 15.6. The highest BCUT2D eigenvalue weighted by Gasteiger charge is 2.21. The van der Waals surface area contributed by atoms with E-state index in [1.54, 1.807) is 6.20 Å². The molecule has 4 nitrogen and oxygen atoms in total. The van der Waals surface area contributed by atoms with E-state index in [1.807, 2.05) is 60.7 Å². The van der Waals surface area contributed by atoms with Crippen molar-refractivity contribution in [3.8, 4) is 17.1 Å². The summed E-state index contributed by atoms with van der Waals surface area (Å²) in [7, 11) is 0.